The highest BCUT2D eigenvalue weighted by Gasteiger charge is 2.68. The van der Waals surface area contributed by atoms with Gasteiger partial charge < -0.3 is 19.7 Å². The van der Waals surface area contributed by atoms with Crippen LogP contribution in [0.3, 0.4) is 0 Å². The number of aliphatic hydroxyl groups excluding tert-OH is 1. The van der Waals surface area contributed by atoms with Crippen LogP contribution < -0.4 is 0 Å². The van der Waals surface area contributed by atoms with Crippen molar-refractivity contribution >= 4 is 17.9 Å². The number of fused-ring (bicyclic) bond motifs is 4. The van der Waals surface area contributed by atoms with Crippen molar-refractivity contribution in [3.63, 3.8) is 0 Å². The largest absolute Gasteiger partial charge is 0.481 e. The number of aliphatic carboxylic acids is 1. The molecule has 0 aromatic rings. The fraction of sp³-hybridized carbons (Fsp3) is 0.794. The van der Waals surface area contributed by atoms with Crippen LogP contribution in [0.25, 0.3) is 0 Å². The van der Waals surface area contributed by atoms with Crippen LogP contribution in [0.5, 0.6) is 0 Å². The maximum absolute atomic E-state index is 12.8. The van der Waals surface area contributed by atoms with Gasteiger partial charge in [0.25, 0.3) is 0 Å². The molecule has 0 radical (unpaired) electrons. The number of hydrogen-bond donors (Lipinski definition) is 2. The van der Waals surface area contributed by atoms with Crippen molar-refractivity contribution in [1.82, 2.24) is 0 Å². The molecular weight excluding hydrogens is 520 g/mol. The lowest BCUT2D eigenvalue weighted by molar-refractivity contribution is -0.176. The molecule has 0 aliphatic heterocycles. The summed E-state index contributed by atoms with van der Waals surface area (Å²) in [5.74, 6) is -2.18. The van der Waals surface area contributed by atoms with Crippen molar-refractivity contribution in [1.29, 1.82) is 0 Å². The van der Waals surface area contributed by atoms with E-state index in [0.717, 1.165) is 32.1 Å². The Morgan fingerprint density at radius 2 is 1.61 bits per heavy atom. The molecule has 4 rings (SSSR count). The second-order valence-electron chi connectivity index (χ2n) is 14.7. The number of rotatable bonds is 8. The van der Waals surface area contributed by atoms with Crippen LogP contribution in [0.1, 0.15) is 113 Å². The summed E-state index contributed by atoms with van der Waals surface area (Å²) in [4.78, 5) is 37.1. The average molecular weight is 573 g/mol. The molecule has 0 saturated heterocycles. The highest BCUT2D eigenvalue weighted by Crippen LogP contribution is 2.73. The summed E-state index contributed by atoms with van der Waals surface area (Å²) in [5.41, 5.74) is 2.74. The molecule has 0 spiro atoms. The minimum Gasteiger partial charge on any atom is -0.481 e. The second-order valence-corrected chi connectivity index (χ2v) is 14.7. The second kappa shape index (κ2) is 11.2. The molecule has 7 heteroatoms. The molecule has 0 aromatic heterocycles. The SMILES string of the molecule is CC(=O)O[C@H]1CC[C@]2(C)C3=C(CC[C@H]2[C@@]1(C)CO)[C@]1(C)C[C@@H](OC(C)=O)[C@H]([C@@H](CCC=C(C)C)C(=O)O)[C@@]1(C)CC3. The fourth-order valence-corrected chi connectivity index (χ4v) is 10.2. The standard InChI is InChI=1S/C34H52O7/c1-20(2)10-9-11-23(30(38)39)29-26(40-21(3)36)18-34(8)25-12-13-27-31(5,24(25)14-17-33(29,34)7)16-15-28(41-22(4)37)32(27,6)19-35/h10,23,26-29,35H,9,11-19H2,1-8H3,(H,38,39)/t23-,26-,27-,28+,29+,31-,32-,33-,34+/m1/s1. The topological polar surface area (TPSA) is 110 Å². The van der Waals surface area contributed by atoms with Gasteiger partial charge in [-0.15, -0.1) is 0 Å². The van der Waals surface area contributed by atoms with E-state index in [1.807, 2.05) is 13.8 Å². The first-order chi connectivity index (χ1) is 19.0. The number of carboxylic acids is 1. The highest BCUT2D eigenvalue weighted by atomic mass is 16.5. The lowest BCUT2D eigenvalue weighted by Gasteiger charge is -2.62. The summed E-state index contributed by atoms with van der Waals surface area (Å²) >= 11 is 0. The van der Waals surface area contributed by atoms with E-state index in [0.29, 0.717) is 25.7 Å². The predicted octanol–water partition coefficient (Wildman–Crippen LogP) is 6.63. The van der Waals surface area contributed by atoms with Gasteiger partial charge >= 0.3 is 17.9 Å². The smallest absolute Gasteiger partial charge is 0.306 e. The average Bonchev–Trinajstić information content (AvgIpc) is 3.09. The molecule has 9 atom stereocenters. The Bertz CT molecular complexity index is 1130. The quantitative estimate of drug-likeness (QED) is 0.248. The molecular formula is C34H52O7. The van der Waals surface area contributed by atoms with Gasteiger partial charge in [0.2, 0.25) is 0 Å². The van der Waals surface area contributed by atoms with Gasteiger partial charge in [0, 0.05) is 25.2 Å². The maximum Gasteiger partial charge on any atom is 0.306 e. The molecule has 7 nitrogen and oxygen atoms in total. The molecule has 0 amide bonds. The number of esters is 2. The van der Waals surface area contributed by atoms with Crippen LogP contribution in [-0.4, -0.2) is 46.9 Å². The number of allylic oxidation sites excluding steroid dienone is 4. The zero-order valence-electron chi connectivity index (χ0n) is 26.5. The number of ether oxygens (including phenoxy) is 2. The Morgan fingerprint density at radius 3 is 2.17 bits per heavy atom. The number of carboxylic acid groups (broad SMARTS) is 1. The van der Waals surface area contributed by atoms with Crippen LogP contribution in [0.2, 0.25) is 0 Å². The molecule has 0 unspecified atom stereocenters. The van der Waals surface area contributed by atoms with E-state index in [2.05, 4.69) is 33.8 Å². The van der Waals surface area contributed by atoms with Crippen molar-refractivity contribution in [3.8, 4) is 0 Å². The third kappa shape index (κ3) is 5.08. The predicted molar refractivity (Wildman–Crippen MR) is 157 cm³/mol. The first-order valence-corrected chi connectivity index (χ1v) is 15.6. The molecule has 2 fully saturated rings. The molecule has 0 aromatic carbocycles. The van der Waals surface area contributed by atoms with Gasteiger partial charge in [-0.2, -0.15) is 0 Å². The lowest BCUT2D eigenvalue weighted by atomic mass is 9.43. The Kier molecular flexibility index (Phi) is 8.65. The molecule has 2 saturated carbocycles. The number of carbonyl (C=O) groups excluding carboxylic acids is 2. The van der Waals surface area contributed by atoms with Crippen molar-refractivity contribution in [2.45, 2.75) is 125 Å². The summed E-state index contributed by atoms with van der Waals surface area (Å²) in [5, 5.41) is 21.2. The van der Waals surface area contributed by atoms with E-state index < -0.39 is 23.4 Å². The van der Waals surface area contributed by atoms with Crippen LogP contribution >= 0.6 is 0 Å². The van der Waals surface area contributed by atoms with E-state index in [1.54, 1.807) is 0 Å². The van der Waals surface area contributed by atoms with E-state index in [1.165, 1.54) is 30.6 Å². The van der Waals surface area contributed by atoms with E-state index in [9.17, 15) is 24.6 Å². The molecule has 0 bridgehead atoms. The molecule has 2 N–H and O–H groups in total. The van der Waals surface area contributed by atoms with Gasteiger partial charge in [0.1, 0.15) is 12.2 Å². The minimum atomic E-state index is -0.808. The summed E-state index contributed by atoms with van der Waals surface area (Å²) in [6.45, 7) is 15.9. The highest BCUT2D eigenvalue weighted by molar-refractivity contribution is 5.71. The first kappa shape index (κ1) is 31.8. The third-order valence-corrected chi connectivity index (χ3v) is 12.3. The van der Waals surface area contributed by atoms with Gasteiger partial charge in [-0.1, -0.05) is 50.5 Å². The van der Waals surface area contributed by atoms with Gasteiger partial charge in [0.15, 0.2) is 0 Å². The summed E-state index contributed by atoms with van der Waals surface area (Å²) < 4.78 is 11.8. The van der Waals surface area contributed by atoms with Gasteiger partial charge in [0.05, 0.1) is 12.5 Å². The van der Waals surface area contributed by atoms with Crippen LogP contribution in [0, 0.1) is 39.4 Å². The summed E-state index contributed by atoms with van der Waals surface area (Å²) in [7, 11) is 0. The Balaban J connectivity index is 1.78. The number of aliphatic hydroxyl groups is 1. The first-order valence-electron chi connectivity index (χ1n) is 15.6. The zero-order chi connectivity index (χ0) is 30.5. The third-order valence-electron chi connectivity index (χ3n) is 12.3. The summed E-state index contributed by atoms with van der Waals surface area (Å²) in [6.07, 6.45) is 8.22. The minimum absolute atomic E-state index is 0.0363. The van der Waals surface area contributed by atoms with E-state index in [-0.39, 0.29) is 52.7 Å². The number of carbonyl (C=O) groups is 3. The van der Waals surface area contributed by atoms with Crippen LogP contribution in [0.4, 0.5) is 0 Å². The van der Waals surface area contributed by atoms with Crippen LogP contribution in [-0.2, 0) is 23.9 Å². The van der Waals surface area contributed by atoms with E-state index >= 15 is 0 Å². The number of hydrogen-bond acceptors (Lipinski definition) is 6. The monoisotopic (exact) mass is 572 g/mol. The molecule has 41 heavy (non-hydrogen) atoms. The van der Waals surface area contributed by atoms with Crippen molar-refractivity contribution in [2.24, 2.45) is 39.4 Å². The lowest BCUT2D eigenvalue weighted by Crippen LogP contribution is -2.58. The normalized spacial score (nSPS) is 40.5. The molecule has 4 aliphatic carbocycles. The van der Waals surface area contributed by atoms with Crippen molar-refractivity contribution in [2.75, 3.05) is 6.61 Å². The maximum atomic E-state index is 12.8. The molecule has 4 aliphatic rings. The Hall–Kier alpha value is -2.15. The van der Waals surface area contributed by atoms with Gasteiger partial charge in [-0.25, -0.2) is 0 Å². The van der Waals surface area contributed by atoms with Crippen LogP contribution in [0.15, 0.2) is 22.8 Å². The molecule has 0 heterocycles. The Labute approximate surface area is 246 Å². The summed E-state index contributed by atoms with van der Waals surface area (Å²) in [6, 6.07) is 0. The fourth-order valence-electron chi connectivity index (χ4n) is 10.2. The molecule has 230 valence electrons. The van der Waals surface area contributed by atoms with E-state index in [4.69, 9.17) is 9.47 Å². The van der Waals surface area contributed by atoms with Crippen molar-refractivity contribution < 1.29 is 34.1 Å². The van der Waals surface area contributed by atoms with Gasteiger partial charge in [-0.05, 0) is 93.8 Å². The van der Waals surface area contributed by atoms with Crippen molar-refractivity contribution in [3.05, 3.63) is 22.8 Å². The Morgan fingerprint density at radius 1 is 0.951 bits per heavy atom. The zero-order valence-corrected chi connectivity index (χ0v) is 26.5. The van der Waals surface area contributed by atoms with Gasteiger partial charge in [-0.3, -0.25) is 14.4 Å².